The number of hydrogen-bond acceptors (Lipinski definition) is 1. The molecule has 0 aliphatic carbocycles. The molecular formula is C23H23FNO+. The molecule has 0 bridgehead atoms. The Morgan fingerprint density at radius 2 is 1.92 bits per heavy atom. The number of fused-ring (bicyclic) bond motifs is 3. The number of nitrogens with zero attached hydrogens (tertiary/aromatic N) is 1. The van der Waals surface area contributed by atoms with Crippen LogP contribution in [-0.4, -0.2) is 0 Å². The Bertz CT molecular complexity index is 1400. The summed E-state index contributed by atoms with van der Waals surface area (Å²) in [5.41, 5.74) is 2.20. The highest BCUT2D eigenvalue weighted by Gasteiger charge is 2.23. The average molecular weight is 355 g/mol. The average Bonchev–Trinajstić information content (AvgIpc) is 3.04. The molecule has 0 radical (unpaired) electrons. The lowest BCUT2D eigenvalue weighted by Crippen LogP contribution is -2.30. The SMILES string of the molecule is [2H]C([2H])([2H])c1cc[n+](C)c(-c2c(C)ccc3c2oc2c(C([2H])(C)C([2H])([2H])[2H])c(F)ccc23)c1. The van der Waals surface area contributed by atoms with Gasteiger partial charge in [0.15, 0.2) is 6.20 Å². The van der Waals surface area contributed by atoms with Crippen molar-refractivity contribution in [2.75, 3.05) is 0 Å². The van der Waals surface area contributed by atoms with E-state index in [1.807, 2.05) is 13.0 Å². The number of pyridine rings is 1. The lowest BCUT2D eigenvalue weighted by Gasteiger charge is -2.07. The van der Waals surface area contributed by atoms with E-state index in [1.165, 1.54) is 12.1 Å². The maximum Gasteiger partial charge on any atom is 0.216 e. The van der Waals surface area contributed by atoms with Crippen molar-refractivity contribution in [2.24, 2.45) is 7.05 Å². The van der Waals surface area contributed by atoms with Crippen LogP contribution in [0.2, 0.25) is 0 Å². The van der Waals surface area contributed by atoms with E-state index in [1.54, 1.807) is 29.9 Å². The van der Waals surface area contributed by atoms with E-state index in [0.717, 1.165) is 18.6 Å². The molecule has 2 aromatic heterocycles. The lowest BCUT2D eigenvalue weighted by molar-refractivity contribution is -0.660. The molecule has 26 heavy (non-hydrogen) atoms. The van der Waals surface area contributed by atoms with Gasteiger partial charge in [-0.3, -0.25) is 0 Å². The monoisotopic (exact) mass is 355 g/mol. The van der Waals surface area contributed by atoms with Crippen molar-refractivity contribution in [2.45, 2.75) is 33.4 Å². The minimum absolute atomic E-state index is 0.0000963. The van der Waals surface area contributed by atoms with Crippen molar-refractivity contribution in [1.29, 1.82) is 0 Å². The van der Waals surface area contributed by atoms with Crippen LogP contribution < -0.4 is 4.57 Å². The van der Waals surface area contributed by atoms with E-state index in [2.05, 4.69) is 0 Å². The normalized spacial score (nSPS) is 19.0. The van der Waals surface area contributed by atoms with Crippen LogP contribution >= 0.6 is 0 Å². The van der Waals surface area contributed by atoms with Gasteiger partial charge in [-0.05, 0) is 42.9 Å². The fourth-order valence-electron chi connectivity index (χ4n) is 3.46. The third-order valence-corrected chi connectivity index (χ3v) is 4.75. The first-order chi connectivity index (χ1) is 15.1. The molecule has 2 heterocycles. The predicted molar refractivity (Wildman–Crippen MR) is 104 cm³/mol. The molecule has 2 nitrogen and oxygen atoms in total. The number of aryl methyl sites for hydroxylation is 3. The highest BCUT2D eigenvalue weighted by Crippen LogP contribution is 2.40. The standard InChI is InChI=1S/C23H23FNO/c1-13(2)20-18(24)9-8-17-16-7-6-15(4)21(23(16)26-22(17)20)19-12-14(3)10-11-25(19)5/h6-13H,1-5H3/q+1/i1D3,3D3,13D. The summed E-state index contributed by atoms with van der Waals surface area (Å²) in [6.45, 7) is -2.10. The summed E-state index contributed by atoms with van der Waals surface area (Å²) in [6.07, 6.45) is 1.65. The zero-order valence-electron chi connectivity index (χ0n) is 21.8. The Balaban J connectivity index is 2.12. The van der Waals surface area contributed by atoms with Gasteiger partial charge in [0.1, 0.15) is 24.0 Å². The molecule has 132 valence electrons. The zero-order chi connectivity index (χ0) is 24.5. The van der Waals surface area contributed by atoms with Gasteiger partial charge in [-0.2, -0.15) is 0 Å². The molecule has 0 N–H and O–H groups in total. The number of benzene rings is 2. The van der Waals surface area contributed by atoms with E-state index in [9.17, 15) is 4.39 Å². The first kappa shape index (κ1) is 10.5. The van der Waals surface area contributed by atoms with Crippen LogP contribution in [-0.2, 0) is 7.05 Å². The van der Waals surface area contributed by atoms with Crippen LogP contribution in [0.3, 0.4) is 0 Å². The third kappa shape index (κ3) is 2.42. The van der Waals surface area contributed by atoms with Crippen LogP contribution in [0.15, 0.2) is 47.0 Å². The van der Waals surface area contributed by atoms with Crippen LogP contribution in [0.4, 0.5) is 4.39 Å². The highest BCUT2D eigenvalue weighted by atomic mass is 19.1. The molecule has 0 saturated heterocycles. The molecule has 3 heteroatoms. The molecule has 0 aliphatic rings. The van der Waals surface area contributed by atoms with Crippen LogP contribution in [0.5, 0.6) is 0 Å². The van der Waals surface area contributed by atoms with E-state index in [0.29, 0.717) is 27.6 Å². The van der Waals surface area contributed by atoms with Crippen LogP contribution in [0.1, 0.15) is 46.0 Å². The number of aromatic nitrogens is 1. The van der Waals surface area contributed by atoms with E-state index in [-0.39, 0.29) is 16.7 Å². The first-order valence-corrected chi connectivity index (χ1v) is 8.30. The molecule has 4 aromatic rings. The molecule has 0 aliphatic heterocycles. The number of halogens is 1. The van der Waals surface area contributed by atoms with Gasteiger partial charge in [-0.15, -0.1) is 0 Å². The summed E-state index contributed by atoms with van der Waals surface area (Å²) in [5, 5.41) is 1.10. The maximum atomic E-state index is 14.9. The summed E-state index contributed by atoms with van der Waals surface area (Å²) in [7, 11) is 1.78. The summed E-state index contributed by atoms with van der Waals surface area (Å²) in [5.74, 6) is -3.07. The Labute approximate surface area is 162 Å². The van der Waals surface area contributed by atoms with Crippen molar-refractivity contribution < 1.29 is 23.0 Å². The summed E-state index contributed by atoms with van der Waals surface area (Å²) in [4.78, 5) is 0. The minimum atomic E-state index is -2.79. The van der Waals surface area contributed by atoms with Crippen LogP contribution in [0.25, 0.3) is 33.2 Å². The summed E-state index contributed by atoms with van der Waals surface area (Å²) in [6, 6.07) is 9.40. The predicted octanol–water partition coefficient (Wildman–Crippen LogP) is 5.96. The van der Waals surface area contributed by atoms with Crippen molar-refractivity contribution in [3.05, 3.63) is 65.1 Å². The van der Waals surface area contributed by atoms with E-state index < -0.39 is 25.4 Å². The minimum Gasteiger partial charge on any atom is -0.455 e. The molecule has 2 aromatic carbocycles. The second kappa shape index (κ2) is 5.94. The largest absolute Gasteiger partial charge is 0.455 e. The second-order valence-electron chi connectivity index (χ2n) is 6.57. The maximum absolute atomic E-state index is 14.9. The van der Waals surface area contributed by atoms with E-state index >= 15 is 0 Å². The van der Waals surface area contributed by atoms with Gasteiger partial charge in [0, 0.05) is 38.1 Å². The first-order valence-electron chi connectivity index (χ1n) is 11.8. The van der Waals surface area contributed by atoms with Crippen LogP contribution in [0, 0.1) is 19.6 Å². The topological polar surface area (TPSA) is 17.0 Å². The Morgan fingerprint density at radius 1 is 1.15 bits per heavy atom. The van der Waals surface area contributed by atoms with Crippen molar-refractivity contribution >= 4 is 21.9 Å². The number of hydrogen-bond donors (Lipinski definition) is 0. The molecule has 0 amide bonds. The van der Waals surface area contributed by atoms with Gasteiger partial charge < -0.3 is 4.42 Å². The second-order valence-corrected chi connectivity index (χ2v) is 6.57. The molecule has 0 spiro atoms. The quantitative estimate of drug-likeness (QED) is 0.406. The number of furan rings is 1. The van der Waals surface area contributed by atoms with E-state index in [4.69, 9.17) is 14.0 Å². The third-order valence-electron chi connectivity index (χ3n) is 4.75. The van der Waals surface area contributed by atoms with Gasteiger partial charge in [0.2, 0.25) is 5.69 Å². The smallest absolute Gasteiger partial charge is 0.216 e. The van der Waals surface area contributed by atoms with Gasteiger partial charge in [0.25, 0.3) is 0 Å². The van der Waals surface area contributed by atoms with Gasteiger partial charge in [-0.25, -0.2) is 8.96 Å². The molecule has 0 fully saturated rings. The molecule has 1 unspecified atom stereocenters. The fraction of sp³-hybridized carbons (Fsp3) is 0.261. The zero-order valence-corrected chi connectivity index (χ0v) is 14.8. The van der Waals surface area contributed by atoms with Gasteiger partial charge >= 0.3 is 0 Å². The Kier molecular flexibility index (Phi) is 2.39. The molecular weight excluding hydrogens is 325 g/mol. The molecule has 0 saturated carbocycles. The number of rotatable bonds is 2. The van der Waals surface area contributed by atoms with Gasteiger partial charge in [-0.1, -0.05) is 25.9 Å². The van der Waals surface area contributed by atoms with Crippen molar-refractivity contribution in [3.63, 3.8) is 0 Å². The lowest BCUT2D eigenvalue weighted by atomic mass is 9.97. The van der Waals surface area contributed by atoms with Gasteiger partial charge in [0.05, 0.1) is 5.56 Å². The summed E-state index contributed by atoms with van der Waals surface area (Å²) >= 11 is 0. The Hall–Kier alpha value is -2.68. The fourth-order valence-corrected chi connectivity index (χ4v) is 3.46. The Morgan fingerprint density at radius 3 is 2.69 bits per heavy atom. The molecule has 1 atom stereocenters. The molecule has 4 rings (SSSR count). The highest BCUT2D eigenvalue weighted by molar-refractivity contribution is 6.10. The summed E-state index contributed by atoms with van der Waals surface area (Å²) < 4.78 is 78.0. The van der Waals surface area contributed by atoms with Crippen molar-refractivity contribution in [3.8, 4) is 11.3 Å². The van der Waals surface area contributed by atoms with Crippen molar-refractivity contribution in [1.82, 2.24) is 0 Å².